The first kappa shape index (κ1) is 20.3. The van der Waals surface area contributed by atoms with Gasteiger partial charge in [-0.2, -0.15) is 4.98 Å². The van der Waals surface area contributed by atoms with Gasteiger partial charge in [0.25, 0.3) is 0 Å². The fourth-order valence-electron chi connectivity index (χ4n) is 3.07. The van der Waals surface area contributed by atoms with Gasteiger partial charge in [-0.05, 0) is 44.0 Å². The molecule has 4 aromatic rings. The number of aryl methyl sites for hydroxylation is 2. The third kappa shape index (κ3) is 4.03. The highest BCUT2D eigenvalue weighted by Crippen LogP contribution is 2.36. The average Bonchev–Trinajstić information content (AvgIpc) is 3.38. The van der Waals surface area contributed by atoms with E-state index in [2.05, 4.69) is 70.8 Å². The van der Waals surface area contributed by atoms with Crippen molar-refractivity contribution in [1.29, 1.82) is 0 Å². The van der Waals surface area contributed by atoms with Crippen LogP contribution in [0.4, 0.5) is 0 Å². The van der Waals surface area contributed by atoms with Crippen molar-refractivity contribution >= 4 is 11.8 Å². The smallest absolute Gasteiger partial charge is 0.239 e. The van der Waals surface area contributed by atoms with E-state index in [4.69, 9.17) is 4.52 Å². The van der Waals surface area contributed by atoms with E-state index < -0.39 is 0 Å². The van der Waals surface area contributed by atoms with Crippen LogP contribution in [-0.2, 0) is 0 Å². The lowest BCUT2D eigenvalue weighted by atomic mass is 10.1. The van der Waals surface area contributed by atoms with Crippen molar-refractivity contribution in [3.8, 4) is 17.1 Å². The Morgan fingerprint density at radius 2 is 1.70 bits per heavy atom. The summed E-state index contributed by atoms with van der Waals surface area (Å²) < 4.78 is 7.59. The molecule has 0 aliphatic carbocycles. The number of benzene rings is 2. The van der Waals surface area contributed by atoms with Crippen molar-refractivity contribution in [2.45, 2.75) is 50.9 Å². The summed E-state index contributed by atoms with van der Waals surface area (Å²) in [6.07, 6.45) is 0. The first-order chi connectivity index (χ1) is 14.4. The van der Waals surface area contributed by atoms with Crippen molar-refractivity contribution in [2.24, 2.45) is 0 Å². The molecule has 0 aliphatic rings. The van der Waals surface area contributed by atoms with Crippen LogP contribution in [0.15, 0.2) is 58.2 Å². The molecule has 4 rings (SSSR count). The minimum absolute atomic E-state index is 0.0527. The first-order valence-electron chi connectivity index (χ1n) is 10.0. The summed E-state index contributed by atoms with van der Waals surface area (Å²) in [5, 5.41) is 13.9. The van der Waals surface area contributed by atoms with E-state index in [9.17, 15) is 0 Å². The molecule has 0 saturated carbocycles. The summed E-state index contributed by atoms with van der Waals surface area (Å²) in [5.74, 6) is 2.35. The van der Waals surface area contributed by atoms with E-state index in [1.54, 1.807) is 11.8 Å². The van der Waals surface area contributed by atoms with Gasteiger partial charge in [0.1, 0.15) is 0 Å². The predicted octanol–water partition coefficient (Wildman–Crippen LogP) is 5.91. The molecule has 30 heavy (non-hydrogen) atoms. The van der Waals surface area contributed by atoms with E-state index in [-0.39, 0.29) is 11.2 Å². The van der Waals surface area contributed by atoms with E-state index in [1.807, 2.05) is 37.3 Å². The standard InChI is InChI=1S/C23H25N5OS/c1-14(2)20-24-22(29-27-20)17(5)30-23-26-25-21(18-9-7-6-8-10-18)28(23)19-12-11-15(3)16(4)13-19/h6-14,17H,1-5H3/t17-/m0/s1. The average molecular weight is 420 g/mol. The van der Waals surface area contributed by atoms with Gasteiger partial charge in [-0.15, -0.1) is 10.2 Å². The van der Waals surface area contributed by atoms with Gasteiger partial charge in [-0.25, -0.2) is 0 Å². The lowest BCUT2D eigenvalue weighted by molar-refractivity contribution is 0.373. The number of hydrogen-bond acceptors (Lipinski definition) is 6. The van der Waals surface area contributed by atoms with Gasteiger partial charge in [0, 0.05) is 11.5 Å². The maximum Gasteiger partial charge on any atom is 0.239 e. The van der Waals surface area contributed by atoms with Crippen LogP contribution in [0.1, 0.15) is 54.8 Å². The highest BCUT2D eigenvalue weighted by atomic mass is 32.2. The summed E-state index contributed by atoms with van der Waals surface area (Å²) in [6.45, 7) is 10.4. The molecule has 154 valence electrons. The Labute approximate surface area is 180 Å². The van der Waals surface area contributed by atoms with Crippen LogP contribution in [0.5, 0.6) is 0 Å². The molecule has 2 heterocycles. The molecule has 0 N–H and O–H groups in total. The quantitative estimate of drug-likeness (QED) is 0.362. The van der Waals surface area contributed by atoms with Gasteiger partial charge in [0.15, 0.2) is 16.8 Å². The maximum absolute atomic E-state index is 5.49. The van der Waals surface area contributed by atoms with Crippen molar-refractivity contribution in [1.82, 2.24) is 24.9 Å². The van der Waals surface area contributed by atoms with Crippen LogP contribution in [0, 0.1) is 13.8 Å². The Morgan fingerprint density at radius 3 is 2.37 bits per heavy atom. The number of nitrogens with zero attached hydrogens (tertiary/aromatic N) is 5. The lowest BCUT2D eigenvalue weighted by Gasteiger charge is -2.13. The summed E-state index contributed by atoms with van der Waals surface area (Å²) >= 11 is 1.56. The zero-order chi connectivity index (χ0) is 21.3. The van der Waals surface area contributed by atoms with Crippen LogP contribution in [0.25, 0.3) is 17.1 Å². The van der Waals surface area contributed by atoms with E-state index in [0.29, 0.717) is 5.89 Å². The Kier molecular flexibility index (Phi) is 5.72. The summed E-state index contributed by atoms with van der Waals surface area (Å²) in [5.41, 5.74) is 4.53. The normalized spacial score (nSPS) is 12.5. The Hall–Kier alpha value is -2.93. The topological polar surface area (TPSA) is 69.6 Å². The third-order valence-electron chi connectivity index (χ3n) is 5.02. The van der Waals surface area contributed by atoms with E-state index in [0.717, 1.165) is 28.1 Å². The molecule has 0 fully saturated rings. The first-order valence-corrected chi connectivity index (χ1v) is 10.9. The maximum atomic E-state index is 5.49. The highest BCUT2D eigenvalue weighted by Gasteiger charge is 2.23. The van der Waals surface area contributed by atoms with Crippen molar-refractivity contribution in [3.63, 3.8) is 0 Å². The predicted molar refractivity (Wildman–Crippen MR) is 119 cm³/mol. The largest absolute Gasteiger partial charge is 0.338 e. The third-order valence-corrected chi connectivity index (χ3v) is 6.05. The summed E-state index contributed by atoms with van der Waals surface area (Å²) in [7, 11) is 0. The molecule has 0 spiro atoms. The van der Waals surface area contributed by atoms with Crippen molar-refractivity contribution < 1.29 is 4.52 Å². The molecule has 1 atom stereocenters. The Bertz CT molecular complexity index is 1150. The molecule has 0 amide bonds. The molecule has 7 heteroatoms. The summed E-state index contributed by atoms with van der Waals surface area (Å²) in [6, 6.07) is 16.5. The molecule has 0 bridgehead atoms. The van der Waals surface area contributed by atoms with Gasteiger partial charge < -0.3 is 4.52 Å². The fraction of sp³-hybridized carbons (Fsp3) is 0.304. The molecule has 2 aromatic heterocycles. The van der Waals surface area contributed by atoms with Gasteiger partial charge in [-0.3, -0.25) is 4.57 Å². The second-order valence-electron chi connectivity index (χ2n) is 7.68. The van der Waals surface area contributed by atoms with Gasteiger partial charge in [0.2, 0.25) is 5.89 Å². The summed E-state index contributed by atoms with van der Waals surface area (Å²) in [4.78, 5) is 4.54. The van der Waals surface area contributed by atoms with Gasteiger partial charge in [-0.1, -0.05) is 67.2 Å². The molecular formula is C23H25N5OS. The molecule has 0 unspecified atom stereocenters. The molecule has 0 radical (unpaired) electrons. The lowest BCUT2D eigenvalue weighted by Crippen LogP contribution is -2.02. The Balaban J connectivity index is 1.75. The highest BCUT2D eigenvalue weighted by molar-refractivity contribution is 7.99. The number of rotatable bonds is 6. The van der Waals surface area contributed by atoms with Gasteiger partial charge >= 0.3 is 0 Å². The van der Waals surface area contributed by atoms with Crippen LogP contribution in [0.2, 0.25) is 0 Å². The number of aromatic nitrogens is 5. The van der Waals surface area contributed by atoms with E-state index in [1.165, 1.54) is 11.1 Å². The zero-order valence-corrected chi connectivity index (χ0v) is 18.6. The van der Waals surface area contributed by atoms with Crippen LogP contribution >= 0.6 is 11.8 Å². The van der Waals surface area contributed by atoms with Crippen molar-refractivity contribution in [3.05, 3.63) is 71.4 Å². The van der Waals surface area contributed by atoms with Crippen LogP contribution < -0.4 is 0 Å². The monoisotopic (exact) mass is 419 g/mol. The molecule has 6 nitrogen and oxygen atoms in total. The van der Waals surface area contributed by atoms with Gasteiger partial charge in [0.05, 0.1) is 10.9 Å². The fourth-order valence-corrected chi connectivity index (χ4v) is 3.97. The second-order valence-corrected chi connectivity index (χ2v) is 8.99. The number of hydrogen-bond donors (Lipinski definition) is 0. The molecular weight excluding hydrogens is 394 g/mol. The minimum atomic E-state index is -0.0527. The zero-order valence-electron chi connectivity index (χ0n) is 17.8. The SMILES string of the molecule is Cc1ccc(-n2c(S[C@@H](C)c3nc(C(C)C)no3)nnc2-c2ccccc2)cc1C. The molecule has 0 aliphatic heterocycles. The van der Waals surface area contributed by atoms with Crippen LogP contribution in [0.3, 0.4) is 0 Å². The number of thioether (sulfide) groups is 1. The molecule has 0 saturated heterocycles. The Morgan fingerprint density at radius 1 is 0.933 bits per heavy atom. The van der Waals surface area contributed by atoms with Crippen molar-refractivity contribution in [2.75, 3.05) is 0 Å². The van der Waals surface area contributed by atoms with Crippen LogP contribution in [-0.4, -0.2) is 24.9 Å². The van der Waals surface area contributed by atoms with E-state index >= 15 is 0 Å². The molecule has 2 aromatic carbocycles. The minimum Gasteiger partial charge on any atom is -0.338 e. The second kappa shape index (κ2) is 8.44.